The maximum Gasteiger partial charge on any atom is 0.261 e. The zero-order valence-electron chi connectivity index (χ0n) is 11.7. The van der Waals surface area contributed by atoms with Crippen LogP contribution in [0.4, 0.5) is 5.69 Å². The van der Waals surface area contributed by atoms with Crippen molar-refractivity contribution in [1.82, 2.24) is 5.32 Å². The second-order valence-corrected chi connectivity index (χ2v) is 7.03. The molecule has 0 radical (unpaired) electrons. The van der Waals surface area contributed by atoms with Crippen LogP contribution in [0.2, 0.25) is 0 Å². The molecular weight excluding hydrogens is 284 g/mol. The van der Waals surface area contributed by atoms with Crippen LogP contribution in [0.15, 0.2) is 24.3 Å². The fourth-order valence-corrected chi connectivity index (χ4v) is 4.01. The van der Waals surface area contributed by atoms with Crippen molar-refractivity contribution in [2.24, 2.45) is 5.92 Å². The SMILES string of the molecule is Nc1ccc2sc(C(=O)NC3CCOC3C3CC3)cc2c1. The molecule has 2 heterocycles. The number of carbonyl (C=O) groups is 1. The van der Waals surface area contributed by atoms with Gasteiger partial charge in [-0.05, 0) is 54.8 Å². The van der Waals surface area contributed by atoms with Crippen LogP contribution in [-0.4, -0.2) is 24.7 Å². The Labute approximate surface area is 127 Å². The van der Waals surface area contributed by atoms with E-state index in [-0.39, 0.29) is 18.1 Å². The summed E-state index contributed by atoms with van der Waals surface area (Å²) in [4.78, 5) is 13.2. The summed E-state index contributed by atoms with van der Waals surface area (Å²) in [6.45, 7) is 0.759. The fourth-order valence-electron chi connectivity index (χ4n) is 3.07. The number of hydrogen-bond donors (Lipinski definition) is 2. The van der Waals surface area contributed by atoms with E-state index < -0.39 is 0 Å². The minimum Gasteiger partial charge on any atom is -0.399 e. The summed E-state index contributed by atoms with van der Waals surface area (Å²) in [7, 11) is 0. The standard InChI is InChI=1S/C16H18N2O2S/c17-11-3-4-13-10(7-11)8-14(21-13)16(19)18-12-5-6-20-15(12)9-1-2-9/h3-4,7-9,12,15H,1-2,5-6,17H2,(H,18,19). The zero-order valence-corrected chi connectivity index (χ0v) is 12.5. The Morgan fingerprint density at radius 3 is 2.95 bits per heavy atom. The monoisotopic (exact) mass is 302 g/mol. The molecule has 2 aromatic rings. The minimum absolute atomic E-state index is 0.0101. The van der Waals surface area contributed by atoms with Gasteiger partial charge in [-0.2, -0.15) is 0 Å². The second-order valence-electron chi connectivity index (χ2n) is 5.95. The number of benzene rings is 1. The van der Waals surface area contributed by atoms with Crippen molar-refractivity contribution in [2.45, 2.75) is 31.4 Å². The van der Waals surface area contributed by atoms with E-state index in [9.17, 15) is 4.79 Å². The number of nitrogens with one attached hydrogen (secondary N) is 1. The third kappa shape index (κ3) is 2.51. The maximum atomic E-state index is 12.5. The quantitative estimate of drug-likeness (QED) is 0.857. The van der Waals surface area contributed by atoms with E-state index >= 15 is 0 Å². The number of hydrogen-bond acceptors (Lipinski definition) is 4. The number of rotatable bonds is 3. The lowest BCUT2D eigenvalue weighted by atomic mass is 10.1. The fraction of sp³-hybridized carbons (Fsp3) is 0.438. The lowest BCUT2D eigenvalue weighted by Gasteiger charge is -2.18. The van der Waals surface area contributed by atoms with Crippen molar-refractivity contribution in [3.8, 4) is 0 Å². The number of carbonyl (C=O) groups excluding carboxylic acids is 1. The van der Waals surface area contributed by atoms with Crippen molar-refractivity contribution >= 4 is 33.0 Å². The first-order valence-electron chi connectivity index (χ1n) is 7.42. The maximum absolute atomic E-state index is 12.5. The number of amides is 1. The number of ether oxygens (including phenoxy) is 1. The van der Waals surface area contributed by atoms with E-state index in [0.717, 1.165) is 33.7 Å². The van der Waals surface area contributed by atoms with Gasteiger partial charge in [0.05, 0.1) is 17.0 Å². The average molecular weight is 302 g/mol. The predicted molar refractivity (Wildman–Crippen MR) is 84.6 cm³/mol. The molecule has 1 saturated carbocycles. The third-order valence-corrected chi connectivity index (χ3v) is 5.42. The van der Waals surface area contributed by atoms with Crippen LogP contribution >= 0.6 is 11.3 Å². The third-order valence-electron chi connectivity index (χ3n) is 4.30. The normalized spacial score (nSPS) is 25.3. The first-order valence-corrected chi connectivity index (χ1v) is 8.24. The Morgan fingerprint density at radius 1 is 1.29 bits per heavy atom. The van der Waals surface area contributed by atoms with Crippen molar-refractivity contribution < 1.29 is 9.53 Å². The van der Waals surface area contributed by atoms with E-state index in [0.29, 0.717) is 5.92 Å². The Balaban J connectivity index is 1.52. The van der Waals surface area contributed by atoms with Crippen molar-refractivity contribution in [1.29, 1.82) is 0 Å². The van der Waals surface area contributed by atoms with Crippen LogP contribution in [-0.2, 0) is 4.74 Å². The molecule has 110 valence electrons. The van der Waals surface area contributed by atoms with Crippen LogP contribution in [0.5, 0.6) is 0 Å². The van der Waals surface area contributed by atoms with Crippen LogP contribution in [0.1, 0.15) is 28.9 Å². The second kappa shape index (κ2) is 5.00. The highest BCUT2D eigenvalue weighted by Crippen LogP contribution is 2.39. The lowest BCUT2D eigenvalue weighted by molar-refractivity contribution is 0.0731. The van der Waals surface area contributed by atoms with E-state index in [2.05, 4.69) is 5.32 Å². The molecule has 2 aliphatic rings. The highest BCUT2D eigenvalue weighted by Gasteiger charge is 2.41. The molecule has 2 fully saturated rings. The molecule has 0 spiro atoms. The Morgan fingerprint density at radius 2 is 2.14 bits per heavy atom. The van der Waals surface area contributed by atoms with Gasteiger partial charge < -0.3 is 15.8 Å². The molecule has 4 rings (SSSR count). The molecule has 1 aliphatic heterocycles. The first kappa shape index (κ1) is 13.1. The number of nitrogens with two attached hydrogens (primary N) is 1. The smallest absolute Gasteiger partial charge is 0.261 e. The van der Waals surface area contributed by atoms with Gasteiger partial charge in [0.15, 0.2) is 0 Å². The number of fused-ring (bicyclic) bond motifs is 1. The summed E-state index contributed by atoms with van der Waals surface area (Å²) < 4.78 is 6.87. The van der Waals surface area contributed by atoms with Crippen molar-refractivity contribution in [3.05, 3.63) is 29.1 Å². The predicted octanol–water partition coefficient (Wildman–Crippen LogP) is 2.78. The molecule has 1 aliphatic carbocycles. The molecule has 4 nitrogen and oxygen atoms in total. The van der Waals surface area contributed by atoms with Crippen molar-refractivity contribution in [2.75, 3.05) is 12.3 Å². The van der Waals surface area contributed by atoms with Gasteiger partial charge in [-0.25, -0.2) is 0 Å². The molecule has 2 unspecified atom stereocenters. The molecule has 2 atom stereocenters. The Hall–Kier alpha value is -1.59. The van der Waals surface area contributed by atoms with E-state index in [1.54, 1.807) is 0 Å². The van der Waals surface area contributed by atoms with Gasteiger partial charge in [0.25, 0.3) is 5.91 Å². The van der Waals surface area contributed by atoms with Crippen LogP contribution in [0, 0.1) is 5.92 Å². The summed E-state index contributed by atoms with van der Waals surface area (Å²) in [6.07, 6.45) is 3.61. The van der Waals surface area contributed by atoms with Crippen molar-refractivity contribution in [3.63, 3.8) is 0 Å². The average Bonchev–Trinajstić information content (AvgIpc) is 3.05. The zero-order chi connectivity index (χ0) is 14.4. The van der Waals surface area contributed by atoms with Gasteiger partial charge in [0.1, 0.15) is 0 Å². The first-order chi connectivity index (χ1) is 10.2. The van der Waals surface area contributed by atoms with Gasteiger partial charge in [0, 0.05) is 17.0 Å². The highest BCUT2D eigenvalue weighted by molar-refractivity contribution is 7.20. The summed E-state index contributed by atoms with van der Waals surface area (Å²) in [5.74, 6) is 0.663. The molecule has 1 saturated heterocycles. The van der Waals surface area contributed by atoms with E-state index in [1.807, 2.05) is 24.3 Å². The van der Waals surface area contributed by atoms with Crippen LogP contribution in [0.25, 0.3) is 10.1 Å². The highest BCUT2D eigenvalue weighted by atomic mass is 32.1. The van der Waals surface area contributed by atoms with Gasteiger partial charge in [0.2, 0.25) is 0 Å². The summed E-state index contributed by atoms with van der Waals surface area (Å²) in [5.41, 5.74) is 6.51. The number of thiophene rings is 1. The minimum atomic E-state index is 0.0101. The van der Waals surface area contributed by atoms with Crippen LogP contribution in [0.3, 0.4) is 0 Å². The molecule has 5 heteroatoms. The largest absolute Gasteiger partial charge is 0.399 e. The Bertz CT molecular complexity index is 693. The van der Waals surface area contributed by atoms with Gasteiger partial charge >= 0.3 is 0 Å². The number of anilines is 1. The van der Waals surface area contributed by atoms with E-state index in [4.69, 9.17) is 10.5 Å². The molecule has 21 heavy (non-hydrogen) atoms. The molecule has 1 aromatic heterocycles. The van der Waals surface area contributed by atoms with Crippen LogP contribution < -0.4 is 11.1 Å². The molecule has 1 amide bonds. The van der Waals surface area contributed by atoms with Gasteiger partial charge in [-0.15, -0.1) is 11.3 Å². The number of nitrogen functional groups attached to an aromatic ring is 1. The molecule has 1 aromatic carbocycles. The van der Waals surface area contributed by atoms with E-state index in [1.165, 1.54) is 24.2 Å². The summed E-state index contributed by atoms with van der Waals surface area (Å²) in [6, 6.07) is 7.84. The molecule has 0 bridgehead atoms. The molecule has 3 N–H and O–H groups in total. The van der Waals surface area contributed by atoms with Gasteiger partial charge in [-0.3, -0.25) is 4.79 Å². The summed E-state index contributed by atoms with van der Waals surface area (Å²) >= 11 is 1.51. The lowest BCUT2D eigenvalue weighted by Crippen LogP contribution is -2.41. The molecular formula is C16H18N2O2S. The Kier molecular flexibility index (Phi) is 3.12. The topological polar surface area (TPSA) is 64.4 Å². The van der Waals surface area contributed by atoms with Gasteiger partial charge in [-0.1, -0.05) is 0 Å². The summed E-state index contributed by atoms with van der Waals surface area (Å²) in [5, 5.41) is 4.19.